The average Bonchev–Trinajstić information content (AvgIpc) is 3.54. The molecule has 3 aliphatic rings. The summed E-state index contributed by atoms with van der Waals surface area (Å²) in [5, 5.41) is 22.5. The van der Waals surface area contributed by atoms with E-state index in [1.807, 2.05) is 12.1 Å². The first-order valence-electron chi connectivity index (χ1n) is 15.9. The van der Waals surface area contributed by atoms with Crippen molar-refractivity contribution in [3.63, 3.8) is 0 Å². The van der Waals surface area contributed by atoms with Crippen molar-refractivity contribution < 1.29 is 27.2 Å². The van der Waals surface area contributed by atoms with Crippen LogP contribution in [0.1, 0.15) is 53.9 Å². The fourth-order valence-electron chi connectivity index (χ4n) is 6.31. The second-order valence-electron chi connectivity index (χ2n) is 12.7. The van der Waals surface area contributed by atoms with Gasteiger partial charge in [-0.15, -0.1) is 10.2 Å². The Kier molecular flexibility index (Phi) is 8.54. The molecule has 2 atom stereocenters. The van der Waals surface area contributed by atoms with Crippen molar-refractivity contribution >= 4 is 35.1 Å². The molecular weight excluding hydrogens is 644 g/mol. The van der Waals surface area contributed by atoms with Gasteiger partial charge in [0.1, 0.15) is 11.6 Å². The van der Waals surface area contributed by atoms with E-state index in [2.05, 4.69) is 41.0 Å². The molecule has 4 aromatic heterocycles. The highest BCUT2D eigenvalue weighted by Gasteiger charge is 2.45. The van der Waals surface area contributed by atoms with Gasteiger partial charge in [0.05, 0.1) is 61.8 Å². The molecule has 0 aromatic carbocycles. The van der Waals surface area contributed by atoms with Gasteiger partial charge in [0.25, 0.3) is 11.8 Å². The van der Waals surface area contributed by atoms with E-state index in [-0.39, 0.29) is 62.7 Å². The van der Waals surface area contributed by atoms with Crippen LogP contribution >= 0.6 is 0 Å². The molecule has 0 spiro atoms. The molecule has 2 N–H and O–H groups in total. The molecule has 1 aliphatic carbocycles. The molecule has 4 aromatic rings. The van der Waals surface area contributed by atoms with Crippen LogP contribution < -0.4 is 20.4 Å². The lowest BCUT2D eigenvalue weighted by molar-refractivity contribution is -0.116. The Balaban J connectivity index is 0.871. The number of anilines is 4. The second kappa shape index (κ2) is 13.0. The second-order valence-corrected chi connectivity index (χ2v) is 12.7. The number of pyridine rings is 2. The predicted octanol–water partition coefficient (Wildman–Crippen LogP) is 4.38. The summed E-state index contributed by atoms with van der Waals surface area (Å²) in [5.74, 6) is -4.38. The Morgan fingerprint density at radius 1 is 0.633 bits per heavy atom. The van der Waals surface area contributed by atoms with Gasteiger partial charge in [-0.3, -0.25) is 9.59 Å². The number of nitrogens with one attached hydrogen (secondary N) is 2. The molecule has 16 heteroatoms. The minimum atomic E-state index is -2.71. The Labute approximate surface area is 278 Å². The van der Waals surface area contributed by atoms with E-state index in [1.165, 1.54) is 9.80 Å². The highest BCUT2D eigenvalue weighted by Crippen LogP contribution is 2.42. The van der Waals surface area contributed by atoms with Crippen molar-refractivity contribution in [2.45, 2.75) is 55.8 Å². The first-order chi connectivity index (χ1) is 23.5. The number of nitrogens with zero attached hydrogens (tertiary/aromatic N) is 8. The fourth-order valence-corrected chi connectivity index (χ4v) is 6.31. The molecule has 0 bridgehead atoms. The van der Waals surface area contributed by atoms with E-state index < -0.39 is 11.8 Å². The third-order valence-electron chi connectivity index (χ3n) is 8.78. The van der Waals surface area contributed by atoms with Crippen molar-refractivity contribution in [2.24, 2.45) is 0 Å². The van der Waals surface area contributed by atoms with Gasteiger partial charge < -0.3 is 20.4 Å². The summed E-state index contributed by atoms with van der Waals surface area (Å²) < 4.78 is 52.9. The summed E-state index contributed by atoms with van der Waals surface area (Å²) in [6, 6.07) is 17.1. The summed E-state index contributed by atoms with van der Waals surface area (Å²) in [5.41, 5.74) is 2.53. The summed E-state index contributed by atoms with van der Waals surface area (Å²) >= 11 is 0. The number of amides is 2. The van der Waals surface area contributed by atoms with Crippen LogP contribution in [0.25, 0.3) is 0 Å². The van der Waals surface area contributed by atoms with Crippen molar-refractivity contribution in [1.82, 2.24) is 30.4 Å². The summed E-state index contributed by atoms with van der Waals surface area (Å²) in [6.45, 7) is -1.54. The van der Waals surface area contributed by atoms with E-state index in [1.54, 1.807) is 48.5 Å². The zero-order valence-electron chi connectivity index (χ0n) is 26.2. The zero-order chi connectivity index (χ0) is 34.2. The van der Waals surface area contributed by atoms with Gasteiger partial charge in [-0.25, -0.2) is 27.5 Å². The quantitative estimate of drug-likeness (QED) is 0.233. The molecule has 2 aliphatic heterocycles. The van der Waals surface area contributed by atoms with E-state index in [0.717, 1.165) is 30.7 Å². The number of halogens is 4. The highest BCUT2D eigenvalue weighted by molar-refractivity contribution is 5.91. The number of carbonyl (C=O) groups excluding carboxylic acids is 2. The number of hydrogen-bond acceptors (Lipinski definition) is 10. The van der Waals surface area contributed by atoms with Crippen LogP contribution in [-0.2, 0) is 22.4 Å². The summed E-state index contributed by atoms with van der Waals surface area (Å²) in [7, 11) is 0. The third kappa shape index (κ3) is 7.73. The molecule has 7 rings (SSSR count). The molecule has 254 valence electrons. The van der Waals surface area contributed by atoms with Crippen LogP contribution in [0.2, 0.25) is 0 Å². The number of carbonyl (C=O) groups is 2. The molecule has 0 radical (unpaired) electrons. The SMILES string of the molecule is O=C(Cc1cccc(N2CC(F)(F)C2)n1)Nc1ccc([C@H]2CC[C@H](c3ccc(NC(=O)Cc4cccc(N5CC(F)(F)C5)n4)nn3)C2)nn1. The zero-order valence-corrected chi connectivity index (χ0v) is 26.2. The lowest BCUT2D eigenvalue weighted by Crippen LogP contribution is -2.56. The number of aromatic nitrogens is 6. The monoisotopic (exact) mass is 676 g/mol. The van der Waals surface area contributed by atoms with Crippen LogP contribution in [0.15, 0.2) is 60.7 Å². The Morgan fingerprint density at radius 3 is 1.43 bits per heavy atom. The van der Waals surface area contributed by atoms with Gasteiger partial charge in [-0.2, -0.15) is 10.2 Å². The van der Waals surface area contributed by atoms with Gasteiger partial charge in [0.2, 0.25) is 11.8 Å². The Morgan fingerprint density at radius 2 is 1.06 bits per heavy atom. The van der Waals surface area contributed by atoms with Gasteiger partial charge in [0, 0.05) is 11.8 Å². The van der Waals surface area contributed by atoms with Crippen molar-refractivity contribution in [2.75, 3.05) is 46.6 Å². The first-order valence-corrected chi connectivity index (χ1v) is 15.9. The number of hydrogen-bond donors (Lipinski definition) is 2. The Hall–Kier alpha value is -5.28. The lowest BCUT2D eigenvalue weighted by Gasteiger charge is -2.39. The highest BCUT2D eigenvalue weighted by atomic mass is 19.3. The van der Waals surface area contributed by atoms with E-state index in [4.69, 9.17) is 0 Å². The molecule has 3 fully saturated rings. The summed E-state index contributed by atoms with van der Waals surface area (Å²) in [4.78, 5) is 36.8. The molecule has 2 saturated heterocycles. The van der Waals surface area contributed by atoms with Crippen molar-refractivity contribution in [3.05, 3.63) is 83.4 Å². The molecule has 49 heavy (non-hydrogen) atoms. The lowest BCUT2D eigenvalue weighted by atomic mass is 9.99. The maximum absolute atomic E-state index is 13.2. The minimum Gasteiger partial charge on any atom is -0.344 e. The van der Waals surface area contributed by atoms with Crippen LogP contribution in [0, 0.1) is 0 Å². The van der Waals surface area contributed by atoms with E-state index in [0.29, 0.717) is 34.7 Å². The van der Waals surface area contributed by atoms with E-state index in [9.17, 15) is 27.2 Å². The molecule has 2 amide bonds. The van der Waals surface area contributed by atoms with Crippen LogP contribution in [-0.4, -0.2) is 80.2 Å². The molecule has 6 heterocycles. The standard InChI is InChI=1S/C33H32F4N10O2/c34-32(35)16-46(17-32)28-5-1-3-22(38-28)14-30(48)40-26-11-9-24(42-44-26)20-7-8-21(13-20)25-10-12-27(45-43-25)41-31(49)15-23-4-2-6-29(39-23)47-18-33(36,37)19-47/h1-6,9-12,20-21H,7-8,13-19H2,(H,40,44,48)(H,41,45,49)/t20-,21-/m0/s1. The maximum Gasteiger partial charge on any atom is 0.282 e. The molecule has 0 unspecified atom stereocenters. The third-order valence-corrected chi connectivity index (χ3v) is 8.78. The van der Waals surface area contributed by atoms with Crippen LogP contribution in [0.4, 0.5) is 40.8 Å². The van der Waals surface area contributed by atoms with Gasteiger partial charge in [-0.1, -0.05) is 12.1 Å². The normalized spacial score (nSPS) is 20.7. The van der Waals surface area contributed by atoms with Crippen molar-refractivity contribution in [1.29, 1.82) is 0 Å². The fraction of sp³-hybridized carbons (Fsp3) is 0.394. The molecule has 12 nitrogen and oxygen atoms in total. The number of alkyl halides is 4. The van der Waals surface area contributed by atoms with Gasteiger partial charge in [0.15, 0.2) is 11.6 Å². The summed E-state index contributed by atoms with van der Waals surface area (Å²) in [6.07, 6.45) is 2.46. The van der Waals surface area contributed by atoms with Crippen LogP contribution in [0.3, 0.4) is 0 Å². The molecular formula is C33H32F4N10O2. The number of rotatable bonds is 10. The topological polar surface area (TPSA) is 142 Å². The van der Waals surface area contributed by atoms with Crippen molar-refractivity contribution in [3.8, 4) is 0 Å². The minimum absolute atomic E-state index is 0.0367. The largest absolute Gasteiger partial charge is 0.344 e. The smallest absolute Gasteiger partial charge is 0.282 e. The average molecular weight is 677 g/mol. The first kappa shape index (κ1) is 32.3. The van der Waals surface area contributed by atoms with Gasteiger partial charge in [-0.05, 0) is 67.8 Å². The Bertz CT molecular complexity index is 1700. The van der Waals surface area contributed by atoms with E-state index >= 15 is 0 Å². The maximum atomic E-state index is 13.2. The van der Waals surface area contributed by atoms with Crippen LogP contribution in [0.5, 0.6) is 0 Å². The molecule has 1 saturated carbocycles. The predicted molar refractivity (Wildman–Crippen MR) is 171 cm³/mol. The van der Waals surface area contributed by atoms with Gasteiger partial charge >= 0.3 is 0 Å².